The smallest absolute Gasteiger partial charge is 0.227 e. The van der Waals surface area contributed by atoms with Crippen LogP contribution in [0, 0.1) is 6.57 Å². The van der Waals surface area contributed by atoms with Crippen LogP contribution in [0.3, 0.4) is 0 Å². The molecule has 0 bridgehead atoms. The third kappa shape index (κ3) is 3.57. The first-order valence-electron chi connectivity index (χ1n) is 6.51. The predicted octanol–water partition coefficient (Wildman–Crippen LogP) is 3.00. The highest BCUT2D eigenvalue weighted by molar-refractivity contribution is 5.16. The molecule has 0 amide bonds. The molecular weight excluding hydrogens is 208 g/mol. The molecule has 1 heterocycles. The monoisotopic (exact) mass is 228 g/mol. The van der Waals surface area contributed by atoms with Crippen molar-refractivity contribution in [3.05, 3.63) is 47.3 Å². The highest BCUT2D eigenvalue weighted by Crippen LogP contribution is 2.20. The van der Waals surface area contributed by atoms with E-state index in [1.807, 2.05) is 0 Å². The number of piperidine rings is 1. The first-order chi connectivity index (χ1) is 8.40. The Kier molecular flexibility index (Phi) is 4.58. The summed E-state index contributed by atoms with van der Waals surface area (Å²) in [6.07, 6.45) is 5.06. The van der Waals surface area contributed by atoms with Crippen LogP contribution in [0.2, 0.25) is 0 Å². The first kappa shape index (κ1) is 12.1. The van der Waals surface area contributed by atoms with E-state index in [9.17, 15) is 0 Å². The SMILES string of the molecule is [C-]#[N+]CCN1CCCCC1Cc1ccccc1. The molecule has 0 aromatic heterocycles. The fourth-order valence-electron chi connectivity index (χ4n) is 2.65. The molecule has 1 saturated heterocycles. The molecule has 2 nitrogen and oxygen atoms in total. The zero-order chi connectivity index (χ0) is 11.9. The van der Waals surface area contributed by atoms with Crippen molar-refractivity contribution < 1.29 is 0 Å². The van der Waals surface area contributed by atoms with Gasteiger partial charge in [-0.05, 0) is 31.4 Å². The van der Waals surface area contributed by atoms with Crippen LogP contribution in [-0.4, -0.2) is 30.6 Å². The van der Waals surface area contributed by atoms with E-state index in [0.717, 1.165) is 13.0 Å². The molecule has 1 aromatic carbocycles. The third-order valence-corrected chi connectivity index (χ3v) is 3.56. The van der Waals surface area contributed by atoms with Crippen molar-refractivity contribution in [3.8, 4) is 0 Å². The second-order valence-electron chi connectivity index (χ2n) is 4.76. The molecule has 1 aliphatic heterocycles. The minimum absolute atomic E-state index is 0.644. The third-order valence-electron chi connectivity index (χ3n) is 3.56. The minimum Gasteiger partial charge on any atom is -0.316 e. The molecule has 0 saturated carbocycles. The standard InChI is InChI=1S/C15H20N2/c1-16-10-12-17-11-6-5-9-15(17)13-14-7-3-2-4-8-14/h2-4,7-8,15H,5-6,9-13H2. The van der Waals surface area contributed by atoms with Crippen LogP contribution in [0.4, 0.5) is 0 Å². The van der Waals surface area contributed by atoms with Crippen molar-refractivity contribution >= 4 is 0 Å². The van der Waals surface area contributed by atoms with Gasteiger partial charge in [-0.25, -0.2) is 6.57 Å². The fourth-order valence-corrected chi connectivity index (χ4v) is 2.65. The normalized spacial score (nSPS) is 21.0. The van der Waals surface area contributed by atoms with Gasteiger partial charge in [-0.2, -0.15) is 0 Å². The molecule has 90 valence electrons. The lowest BCUT2D eigenvalue weighted by Gasteiger charge is -2.34. The van der Waals surface area contributed by atoms with Gasteiger partial charge in [0.2, 0.25) is 6.54 Å². The number of nitrogens with zero attached hydrogens (tertiary/aromatic N) is 2. The average molecular weight is 228 g/mol. The van der Waals surface area contributed by atoms with Crippen LogP contribution in [0.1, 0.15) is 24.8 Å². The molecule has 1 fully saturated rings. The maximum atomic E-state index is 6.91. The van der Waals surface area contributed by atoms with Gasteiger partial charge in [-0.15, -0.1) is 0 Å². The Balaban J connectivity index is 1.94. The van der Waals surface area contributed by atoms with E-state index in [0.29, 0.717) is 12.6 Å². The van der Waals surface area contributed by atoms with Crippen LogP contribution in [0.15, 0.2) is 30.3 Å². The summed E-state index contributed by atoms with van der Waals surface area (Å²) in [5, 5.41) is 0. The molecule has 0 spiro atoms. The minimum atomic E-state index is 0.644. The molecule has 2 heteroatoms. The fraction of sp³-hybridized carbons (Fsp3) is 0.533. The predicted molar refractivity (Wildman–Crippen MR) is 70.8 cm³/mol. The number of rotatable bonds is 4. The van der Waals surface area contributed by atoms with E-state index in [2.05, 4.69) is 40.1 Å². The van der Waals surface area contributed by atoms with E-state index in [-0.39, 0.29) is 0 Å². The Morgan fingerprint density at radius 3 is 2.82 bits per heavy atom. The maximum Gasteiger partial charge on any atom is 0.227 e. The van der Waals surface area contributed by atoms with E-state index < -0.39 is 0 Å². The summed E-state index contributed by atoms with van der Waals surface area (Å²) in [5.41, 5.74) is 1.42. The lowest BCUT2D eigenvalue weighted by atomic mass is 9.95. The van der Waals surface area contributed by atoms with Gasteiger partial charge in [0, 0.05) is 6.04 Å². The van der Waals surface area contributed by atoms with Gasteiger partial charge in [-0.1, -0.05) is 36.8 Å². The zero-order valence-electron chi connectivity index (χ0n) is 10.3. The van der Waals surface area contributed by atoms with E-state index >= 15 is 0 Å². The van der Waals surface area contributed by atoms with Gasteiger partial charge in [0.15, 0.2) is 0 Å². The van der Waals surface area contributed by atoms with Crippen LogP contribution < -0.4 is 0 Å². The van der Waals surface area contributed by atoms with Crippen molar-refractivity contribution in [3.63, 3.8) is 0 Å². The Labute approximate surface area is 104 Å². The van der Waals surface area contributed by atoms with Crippen molar-refractivity contribution in [2.75, 3.05) is 19.6 Å². The van der Waals surface area contributed by atoms with Gasteiger partial charge in [-0.3, -0.25) is 4.90 Å². The second-order valence-corrected chi connectivity index (χ2v) is 4.76. The lowest BCUT2D eigenvalue weighted by molar-refractivity contribution is 0.154. The van der Waals surface area contributed by atoms with Crippen LogP contribution in [0.25, 0.3) is 4.85 Å². The Morgan fingerprint density at radius 2 is 2.06 bits per heavy atom. The summed E-state index contributed by atoms with van der Waals surface area (Å²) in [6.45, 7) is 9.67. The van der Waals surface area contributed by atoms with Crippen molar-refractivity contribution in [1.82, 2.24) is 4.90 Å². The topological polar surface area (TPSA) is 7.60 Å². The Bertz CT molecular complexity index is 366. The molecule has 1 aromatic rings. The Hall–Kier alpha value is -1.33. The van der Waals surface area contributed by atoms with Gasteiger partial charge >= 0.3 is 0 Å². The quantitative estimate of drug-likeness (QED) is 0.719. The lowest BCUT2D eigenvalue weighted by Crippen LogP contribution is -2.42. The van der Waals surface area contributed by atoms with Crippen LogP contribution in [0.5, 0.6) is 0 Å². The first-order valence-corrected chi connectivity index (χ1v) is 6.51. The maximum absolute atomic E-state index is 6.91. The summed E-state index contributed by atoms with van der Waals surface area (Å²) >= 11 is 0. The molecule has 0 aliphatic carbocycles. The van der Waals surface area contributed by atoms with Crippen molar-refractivity contribution in [2.45, 2.75) is 31.7 Å². The van der Waals surface area contributed by atoms with Gasteiger partial charge < -0.3 is 4.85 Å². The summed E-state index contributed by atoms with van der Waals surface area (Å²) in [5.74, 6) is 0. The van der Waals surface area contributed by atoms with Gasteiger partial charge in [0.05, 0.1) is 6.54 Å². The highest BCUT2D eigenvalue weighted by Gasteiger charge is 2.22. The zero-order valence-corrected chi connectivity index (χ0v) is 10.3. The van der Waals surface area contributed by atoms with E-state index in [1.54, 1.807) is 0 Å². The van der Waals surface area contributed by atoms with E-state index in [4.69, 9.17) is 6.57 Å². The highest BCUT2D eigenvalue weighted by atomic mass is 15.2. The summed E-state index contributed by atoms with van der Waals surface area (Å²) in [4.78, 5) is 5.99. The summed E-state index contributed by atoms with van der Waals surface area (Å²) < 4.78 is 0. The summed E-state index contributed by atoms with van der Waals surface area (Å²) in [7, 11) is 0. The largest absolute Gasteiger partial charge is 0.316 e. The molecule has 2 rings (SSSR count). The molecule has 0 radical (unpaired) electrons. The summed E-state index contributed by atoms with van der Waals surface area (Å²) in [6, 6.07) is 11.4. The van der Waals surface area contributed by atoms with Crippen molar-refractivity contribution in [1.29, 1.82) is 0 Å². The van der Waals surface area contributed by atoms with Gasteiger partial charge in [0.25, 0.3) is 0 Å². The number of likely N-dealkylation sites (tertiary alicyclic amines) is 1. The number of hydrogen-bond donors (Lipinski definition) is 0. The molecule has 0 N–H and O–H groups in total. The Morgan fingerprint density at radius 1 is 1.24 bits per heavy atom. The van der Waals surface area contributed by atoms with E-state index in [1.165, 1.54) is 31.4 Å². The average Bonchev–Trinajstić information content (AvgIpc) is 2.39. The van der Waals surface area contributed by atoms with Crippen LogP contribution in [-0.2, 0) is 6.42 Å². The number of benzene rings is 1. The molecule has 1 atom stereocenters. The molecule has 1 aliphatic rings. The molecule has 17 heavy (non-hydrogen) atoms. The molecular formula is C15H20N2. The second kappa shape index (κ2) is 6.42. The van der Waals surface area contributed by atoms with Gasteiger partial charge in [0.1, 0.15) is 0 Å². The number of hydrogen-bond acceptors (Lipinski definition) is 1. The van der Waals surface area contributed by atoms with Crippen molar-refractivity contribution in [2.24, 2.45) is 0 Å². The van der Waals surface area contributed by atoms with Crippen LogP contribution >= 0.6 is 0 Å². The molecule has 1 unspecified atom stereocenters.